The Morgan fingerprint density at radius 1 is 0.810 bits per heavy atom. The molecule has 4 unspecified atom stereocenters. The van der Waals surface area contributed by atoms with Gasteiger partial charge in [0.1, 0.15) is 18.1 Å². The van der Waals surface area contributed by atoms with Crippen LogP contribution in [0.2, 0.25) is 0 Å². The van der Waals surface area contributed by atoms with Gasteiger partial charge < -0.3 is 48.3 Å². The summed E-state index contributed by atoms with van der Waals surface area (Å²) in [6, 6.07) is 2.21. The SMILES string of the molecule is NCCCCC(N)C(=O)NC(Cc1c[nH]c2ccccc12)C(=O)NC(CCC(N)=O)C(=O)NC(CCC(=O)O)C(=O)O. The van der Waals surface area contributed by atoms with Gasteiger partial charge in [0, 0.05) is 36.4 Å². The molecule has 230 valence electrons. The highest BCUT2D eigenvalue weighted by Crippen LogP contribution is 2.19. The first kappa shape index (κ1) is 33.7. The van der Waals surface area contributed by atoms with E-state index in [-0.39, 0.29) is 19.3 Å². The molecule has 1 aromatic heterocycles. The van der Waals surface area contributed by atoms with Gasteiger partial charge in [-0.15, -0.1) is 0 Å². The summed E-state index contributed by atoms with van der Waals surface area (Å²) in [4.78, 5) is 76.5. The zero-order chi connectivity index (χ0) is 31.2. The van der Waals surface area contributed by atoms with Crippen LogP contribution in [0.4, 0.5) is 0 Å². The summed E-state index contributed by atoms with van der Waals surface area (Å²) in [5.74, 6) is -5.84. The third-order valence-electron chi connectivity index (χ3n) is 6.61. The Labute approximate surface area is 241 Å². The molecule has 2 aromatic rings. The van der Waals surface area contributed by atoms with Crippen LogP contribution in [0.15, 0.2) is 30.5 Å². The first-order valence-electron chi connectivity index (χ1n) is 13.6. The molecule has 4 atom stereocenters. The fraction of sp³-hybridized carbons (Fsp3) is 0.481. The number of hydrogen-bond donors (Lipinski definition) is 9. The van der Waals surface area contributed by atoms with Crippen molar-refractivity contribution in [2.45, 2.75) is 75.5 Å². The summed E-state index contributed by atoms with van der Waals surface area (Å²) in [6.45, 7) is 0.438. The maximum atomic E-state index is 13.5. The lowest BCUT2D eigenvalue weighted by Gasteiger charge is -2.25. The van der Waals surface area contributed by atoms with Crippen LogP contribution in [-0.2, 0) is 35.2 Å². The van der Waals surface area contributed by atoms with Crippen LogP contribution in [0.1, 0.15) is 50.5 Å². The monoisotopic (exact) mass is 589 g/mol. The summed E-state index contributed by atoms with van der Waals surface area (Å²) >= 11 is 0. The number of carbonyl (C=O) groups is 6. The molecule has 0 spiro atoms. The molecule has 0 fully saturated rings. The summed E-state index contributed by atoms with van der Waals surface area (Å²) < 4.78 is 0. The molecule has 0 aliphatic rings. The lowest BCUT2D eigenvalue weighted by Crippen LogP contribution is -2.57. The number of rotatable bonds is 19. The number of carboxylic acid groups (broad SMARTS) is 2. The van der Waals surface area contributed by atoms with Gasteiger partial charge in [0.15, 0.2) is 0 Å². The number of para-hydroxylation sites is 1. The fourth-order valence-electron chi connectivity index (χ4n) is 4.27. The van der Waals surface area contributed by atoms with E-state index in [1.165, 1.54) is 0 Å². The fourth-order valence-corrected chi connectivity index (χ4v) is 4.27. The zero-order valence-electron chi connectivity index (χ0n) is 23.1. The Balaban J connectivity index is 2.29. The topological polar surface area (TPSA) is 273 Å². The molecule has 1 aromatic carbocycles. The summed E-state index contributed by atoms with van der Waals surface area (Å²) in [6.07, 6.45) is 1.77. The van der Waals surface area contributed by atoms with Crippen molar-refractivity contribution in [3.63, 3.8) is 0 Å². The van der Waals surface area contributed by atoms with Gasteiger partial charge in [-0.1, -0.05) is 24.6 Å². The second-order valence-corrected chi connectivity index (χ2v) is 9.91. The molecule has 4 amide bonds. The summed E-state index contributed by atoms with van der Waals surface area (Å²) in [5, 5.41) is 26.5. The predicted octanol–water partition coefficient (Wildman–Crippen LogP) is -1.16. The van der Waals surface area contributed by atoms with E-state index in [1.54, 1.807) is 6.20 Å². The normalized spacial score (nSPS) is 13.9. The van der Waals surface area contributed by atoms with E-state index in [9.17, 15) is 33.9 Å². The van der Waals surface area contributed by atoms with Gasteiger partial charge >= 0.3 is 11.9 Å². The number of unbranched alkanes of at least 4 members (excludes halogenated alkanes) is 1. The minimum Gasteiger partial charge on any atom is -0.481 e. The molecular weight excluding hydrogens is 550 g/mol. The van der Waals surface area contributed by atoms with E-state index in [1.807, 2.05) is 24.3 Å². The van der Waals surface area contributed by atoms with Gasteiger partial charge in [-0.3, -0.25) is 24.0 Å². The second kappa shape index (κ2) is 16.7. The molecule has 0 aliphatic heterocycles. The number of carbonyl (C=O) groups excluding carboxylic acids is 4. The number of nitrogens with one attached hydrogen (secondary N) is 4. The number of fused-ring (bicyclic) bond motifs is 1. The molecule has 15 heteroatoms. The lowest BCUT2D eigenvalue weighted by molar-refractivity contribution is -0.143. The molecule has 42 heavy (non-hydrogen) atoms. The van der Waals surface area contributed by atoms with Gasteiger partial charge in [0.2, 0.25) is 23.6 Å². The number of amides is 4. The van der Waals surface area contributed by atoms with Gasteiger partial charge in [-0.25, -0.2) is 4.79 Å². The van der Waals surface area contributed by atoms with Crippen molar-refractivity contribution >= 4 is 46.5 Å². The molecule has 12 N–H and O–H groups in total. The molecule has 2 rings (SSSR count). The van der Waals surface area contributed by atoms with E-state index in [0.29, 0.717) is 31.4 Å². The van der Waals surface area contributed by atoms with Gasteiger partial charge in [-0.05, 0) is 43.9 Å². The van der Waals surface area contributed by atoms with E-state index < -0.39 is 72.6 Å². The van der Waals surface area contributed by atoms with Crippen molar-refractivity contribution in [3.05, 3.63) is 36.0 Å². The van der Waals surface area contributed by atoms with Crippen molar-refractivity contribution in [1.29, 1.82) is 0 Å². The Bertz CT molecular complexity index is 1260. The maximum absolute atomic E-state index is 13.5. The minimum absolute atomic E-state index is 0.0115. The second-order valence-electron chi connectivity index (χ2n) is 9.91. The van der Waals surface area contributed by atoms with Crippen molar-refractivity contribution < 1.29 is 39.0 Å². The Morgan fingerprint density at radius 2 is 1.43 bits per heavy atom. The molecule has 0 aliphatic carbocycles. The average molecular weight is 590 g/mol. The third kappa shape index (κ3) is 10.8. The number of primary amides is 1. The molecule has 0 bridgehead atoms. The van der Waals surface area contributed by atoms with Gasteiger partial charge in [0.25, 0.3) is 0 Å². The van der Waals surface area contributed by atoms with Gasteiger partial charge in [-0.2, -0.15) is 0 Å². The number of aromatic amines is 1. The van der Waals surface area contributed by atoms with E-state index in [4.69, 9.17) is 22.3 Å². The Morgan fingerprint density at radius 3 is 2.07 bits per heavy atom. The van der Waals surface area contributed by atoms with Gasteiger partial charge in [0.05, 0.1) is 6.04 Å². The van der Waals surface area contributed by atoms with E-state index >= 15 is 0 Å². The molecule has 1 heterocycles. The van der Waals surface area contributed by atoms with Crippen molar-refractivity contribution in [2.24, 2.45) is 17.2 Å². The highest BCUT2D eigenvalue weighted by atomic mass is 16.4. The quantitative estimate of drug-likeness (QED) is 0.0886. The molecule has 0 saturated heterocycles. The zero-order valence-corrected chi connectivity index (χ0v) is 23.1. The minimum atomic E-state index is -1.56. The maximum Gasteiger partial charge on any atom is 0.326 e. The van der Waals surface area contributed by atoms with Crippen LogP contribution in [0.3, 0.4) is 0 Å². The number of nitrogens with two attached hydrogens (primary N) is 3. The van der Waals surface area contributed by atoms with Crippen molar-refractivity contribution in [1.82, 2.24) is 20.9 Å². The first-order valence-corrected chi connectivity index (χ1v) is 13.6. The average Bonchev–Trinajstić information content (AvgIpc) is 3.34. The van der Waals surface area contributed by atoms with Crippen LogP contribution < -0.4 is 33.2 Å². The Kier molecular flexibility index (Phi) is 13.4. The van der Waals surface area contributed by atoms with Crippen LogP contribution in [0, 0.1) is 0 Å². The third-order valence-corrected chi connectivity index (χ3v) is 6.61. The molecule has 0 saturated carbocycles. The summed E-state index contributed by atoms with van der Waals surface area (Å²) in [5.41, 5.74) is 18.3. The summed E-state index contributed by atoms with van der Waals surface area (Å²) in [7, 11) is 0. The number of hydrogen-bond acceptors (Lipinski definition) is 8. The molecule has 0 radical (unpaired) electrons. The van der Waals surface area contributed by atoms with Crippen molar-refractivity contribution in [2.75, 3.05) is 6.54 Å². The van der Waals surface area contributed by atoms with E-state index in [0.717, 1.165) is 10.9 Å². The molecule has 15 nitrogen and oxygen atoms in total. The van der Waals surface area contributed by atoms with Crippen LogP contribution in [-0.4, -0.2) is 81.5 Å². The van der Waals surface area contributed by atoms with Crippen LogP contribution in [0.25, 0.3) is 10.9 Å². The van der Waals surface area contributed by atoms with Crippen LogP contribution in [0.5, 0.6) is 0 Å². The highest BCUT2D eigenvalue weighted by Gasteiger charge is 2.31. The van der Waals surface area contributed by atoms with Crippen LogP contribution >= 0.6 is 0 Å². The highest BCUT2D eigenvalue weighted by molar-refractivity contribution is 5.95. The smallest absolute Gasteiger partial charge is 0.326 e. The predicted molar refractivity (Wildman–Crippen MR) is 152 cm³/mol. The molecular formula is C27H39N7O8. The number of carboxylic acids is 2. The number of aliphatic carboxylic acids is 2. The number of benzene rings is 1. The number of aromatic nitrogens is 1. The van der Waals surface area contributed by atoms with Crippen molar-refractivity contribution in [3.8, 4) is 0 Å². The largest absolute Gasteiger partial charge is 0.481 e. The Hall–Kier alpha value is -4.50. The van der Waals surface area contributed by atoms with E-state index in [2.05, 4.69) is 20.9 Å². The first-order chi connectivity index (χ1) is 19.9. The standard InChI is InChI=1S/C27H39N7O8/c28-12-4-3-6-17(29)24(38)34-21(13-15-14-31-18-7-2-1-5-16(15)18)26(40)32-19(8-10-22(30)35)25(39)33-20(27(41)42)9-11-23(36)37/h1-2,5,7,14,17,19-21,31H,3-4,6,8-13,28-29H2,(H2,30,35)(H,32,40)(H,33,39)(H,34,38)(H,36,37)(H,41,42). The number of H-pyrrole nitrogens is 1. The lowest BCUT2D eigenvalue weighted by atomic mass is 10.0.